The smallest absolute Gasteiger partial charge is 0.249 e. The predicted molar refractivity (Wildman–Crippen MR) is 118 cm³/mol. The van der Waals surface area contributed by atoms with Crippen LogP contribution in [0.2, 0.25) is 5.02 Å². The van der Waals surface area contributed by atoms with Crippen molar-refractivity contribution in [2.75, 3.05) is 5.32 Å². The first-order valence-corrected chi connectivity index (χ1v) is 10.0. The highest BCUT2D eigenvalue weighted by Crippen LogP contribution is 2.32. The molecule has 4 aromatic rings. The minimum absolute atomic E-state index is 0.147. The summed E-state index contributed by atoms with van der Waals surface area (Å²) in [5.41, 5.74) is 3.37. The number of anilines is 1. The van der Waals surface area contributed by atoms with Crippen LogP contribution < -0.4 is 5.32 Å². The third-order valence-electron chi connectivity index (χ3n) is 4.59. The first-order chi connectivity index (χ1) is 13.5. The highest BCUT2D eigenvalue weighted by Gasteiger charge is 2.22. The lowest BCUT2D eigenvalue weighted by Gasteiger charge is -2.14. The van der Waals surface area contributed by atoms with Gasteiger partial charge < -0.3 is 5.32 Å². The summed E-state index contributed by atoms with van der Waals surface area (Å²) in [6.45, 7) is 1.84. The Morgan fingerprint density at radius 2 is 1.79 bits per heavy atom. The van der Waals surface area contributed by atoms with Crippen LogP contribution in [0.3, 0.4) is 0 Å². The number of halogens is 2. The SMILES string of the molecule is C[C@H](C(=O)Nc1ccccc1Br)n1nc(-c2ccccc2)c2cc(Cl)ccc21. The standard InChI is InChI=1S/C22H17BrClN3O/c1-14(22(28)25-19-10-6-5-9-18(19)23)27-20-12-11-16(24)13-17(20)21(26-27)15-7-3-2-4-8-15/h2-14H,1H3,(H,25,28)/t14-/m1/s1. The fraction of sp³-hybridized carbons (Fsp3) is 0.0909. The highest BCUT2D eigenvalue weighted by atomic mass is 79.9. The average molecular weight is 455 g/mol. The fourth-order valence-electron chi connectivity index (χ4n) is 3.13. The summed E-state index contributed by atoms with van der Waals surface area (Å²) >= 11 is 9.69. The first kappa shape index (κ1) is 18.7. The third kappa shape index (κ3) is 3.55. The van der Waals surface area contributed by atoms with Gasteiger partial charge in [-0.15, -0.1) is 0 Å². The quantitative estimate of drug-likeness (QED) is 0.392. The van der Waals surface area contributed by atoms with Crippen LogP contribution in [0, 0.1) is 0 Å². The molecule has 3 aromatic carbocycles. The number of nitrogens with zero attached hydrogens (tertiary/aromatic N) is 2. The Kier molecular flexibility index (Phi) is 5.20. The van der Waals surface area contributed by atoms with Crippen molar-refractivity contribution in [2.24, 2.45) is 0 Å². The Balaban J connectivity index is 1.76. The highest BCUT2D eigenvalue weighted by molar-refractivity contribution is 9.10. The van der Waals surface area contributed by atoms with Gasteiger partial charge in [0, 0.05) is 20.4 Å². The second-order valence-corrected chi connectivity index (χ2v) is 7.76. The van der Waals surface area contributed by atoms with Gasteiger partial charge in [-0.1, -0.05) is 54.1 Å². The maximum absolute atomic E-state index is 12.9. The van der Waals surface area contributed by atoms with E-state index in [1.54, 1.807) is 4.68 Å². The van der Waals surface area contributed by atoms with Gasteiger partial charge in [-0.2, -0.15) is 5.10 Å². The van der Waals surface area contributed by atoms with Crippen LogP contribution in [0.15, 0.2) is 77.3 Å². The van der Waals surface area contributed by atoms with E-state index in [2.05, 4.69) is 21.2 Å². The zero-order chi connectivity index (χ0) is 19.7. The molecule has 0 aliphatic rings. The Labute approximate surface area is 176 Å². The number of aromatic nitrogens is 2. The molecule has 0 saturated carbocycles. The zero-order valence-electron chi connectivity index (χ0n) is 15.1. The van der Waals surface area contributed by atoms with Crippen molar-refractivity contribution < 1.29 is 4.79 Å². The minimum atomic E-state index is -0.506. The van der Waals surface area contributed by atoms with Crippen molar-refractivity contribution in [3.8, 4) is 11.3 Å². The molecule has 1 aromatic heterocycles. The van der Waals surface area contributed by atoms with Crippen LogP contribution in [-0.4, -0.2) is 15.7 Å². The van der Waals surface area contributed by atoms with Crippen LogP contribution in [0.25, 0.3) is 22.2 Å². The number of para-hydroxylation sites is 1. The van der Waals surface area contributed by atoms with E-state index in [-0.39, 0.29) is 5.91 Å². The number of hydrogen-bond acceptors (Lipinski definition) is 2. The number of rotatable bonds is 4. The monoisotopic (exact) mass is 453 g/mol. The molecule has 140 valence electrons. The maximum atomic E-state index is 12.9. The van der Waals surface area contributed by atoms with Gasteiger partial charge >= 0.3 is 0 Å². The molecule has 1 atom stereocenters. The average Bonchev–Trinajstić information content (AvgIpc) is 3.08. The van der Waals surface area contributed by atoms with Crippen molar-refractivity contribution in [2.45, 2.75) is 13.0 Å². The summed E-state index contributed by atoms with van der Waals surface area (Å²) < 4.78 is 2.58. The number of fused-ring (bicyclic) bond motifs is 1. The molecule has 28 heavy (non-hydrogen) atoms. The lowest BCUT2D eigenvalue weighted by Crippen LogP contribution is -2.24. The molecule has 1 heterocycles. The van der Waals surface area contributed by atoms with Gasteiger partial charge in [-0.3, -0.25) is 9.48 Å². The van der Waals surface area contributed by atoms with E-state index in [0.29, 0.717) is 5.02 Å². The molecule has 1 N–H and O–H groups in total. The second-order valence-electron chi connectivity index (χ2n) is 6.47. The van der Waals surface area contributed by atoms with Crippen molar-refractivity contribution in [1.29, 1.82) is 0 Å². The van der Waals surface area contributed by atoms with Crippen molar-refractivity contribution in [1.82, 2.24) is 9.78 Å². The predicted octanol–water partition coefficient (Wildman–Crippen LogP) is 6.32. The molecule has 0 bridgehead atoms. The maximum Gasteiger partial charge on any atom is 0.249 e. The van der Waals surface area contributed by atoms with E-state index in [0.717, 1.165) is 32.3 Å². The van der Waals surface area contributed by atoms with E-state index in [9.17, 15) is 4.79 Å². The van der Waals surface area contributed by atoms with Gasteiger partial charge in [0.2, 0.25) is 5.91 Å². The topological polar surface area (TPSA) is 46.9 Å². The molecule has 0 radical (unpaired) electrons. The summed E-state index contributed by atoms with van der Waals surface area (Å²) in [5.74, 6) is -0.147. The van der Waals surface area contributed by atoms with Crippen LogP contribution in [0.1, 0.15) is 13.0 Å². The van der Waals surface area contributed by atoms with E-state index < -0.39 is 6.04 Å². The second kappa shape index (κ2) is 7.78. The van der Waals surface area contributed by atoms with Gasteiger partial charge in [0.05, 0.1) is 11.2 Å². The van der Waals surface area contributed by atoms with E-state index in [1.165, 1.54) is 0 Å². The summed E-state index contributed by atoms with van der Waals surface area (Å²) in [4.78, 5) is 12.9. The van der Waals surface area contributed by atoms with Crippen molar-refractivity contribution in [3.63, 3.8) is 0 Å². The summed E-state index contributed by atoms with van der Waals surface area (Å²) in [6, 6.07) is 22.5. The molecule has 6 heteroatoms. The van der Waals surface area contributed by atoms with E-state index >= 15 is 0 Å². The van der Waals surface area contributed by atoms with Crippen LogP contribution in [0.5, 0.6) is 0 Å². The molecule has 0 fully saturated rings. The molecule has 0 unspecified atom stereocenters. The summed E-state index contributed by atoms with van der Waals surface area (Å²) in [5, 5.41) is 9.28. The molecule has 1 amide bonds. The van der Waals surface area contributed by atoms with Gasteiger partial charge in [-0.05, 0) is 53.2 Å². The fourth-order valence-corrected chi connectivity index (χ4v) is 3.68. The molecule has 0 aliphatic carbocycles. The lowest BCUT2D eigenvalue weighted by molar-refractivity contribution is -0.118. The molecular weight excluding hydrogens is 438 g/mol. The molecule has 0 saturated heterocycles. The largest absolute Gasteiger partial charge is 0.323 e. The molecule has 4 nitrogen and oxygen atoms in total. The third-order valence-corrected chi connectivity index (χ3v) is 5.52. The molecule has 4 rings (SSSR count). The number of hydrogen-bond donors (Lipinski definition) is 1. The van der Waals surface area contributed by atoms with Gasteiger partial charge in [0.15, 0.2) is 0 Å². The zero-order valence-corrected chi connectivity index (χ0v) is 17.4. The van der Waals surface area contributed by atoms with E-state index in [1.807, 2.05) is 79.7 Å². The van der Waals surface area contributed by atoms with Gasteiger partial charge in [0.25, 0.3) is 0 Å². The van der Waals surface area contributed by atoms with Crippen LogP contribution in [0.4, 0.5) is 5.69 Å². The number of amides is 1. The Morgan fingerprint density at radius 1 is 1.07 bits per heavy atom. The number of benzene rings is 3. The first-order valence-electron chi connectivity index (χ1n) is 8.83. The summed E-state index contributed by atoms with van der Waals surface area (Å²) in [7, 11) is 0. The normalized spacial score (nSPS) is 12.1. The number of carbonyl (C=O) groups is 1. The van der Waals surface area contributed by atoms with E-state index in [4.69, 9.17) is 16.7 Å². The molecular formula is C22H17BrClN3O. The van der Waals surface area contributed by atoms with Gasteiger partial charge in [-0.25, -0.2) is 0 Å². The Hall–Kier alpha value is -2.63. The molecule has 0 spiro atoms. The summed E-state index contributed by atoms with van der Waals surface area (Å²) in [6.07, 6.45) is 0. The Morgan fingerprint density at radius 3 is 2.54 bits per heavy atom. The van der Waals surface area contributed by atoms with Crippen molar-refractivity contribution >= 4 is 50.0 Å². The van der Waals surface area contributed by atoms with Crippen LogP contribution >= 0.6 is 27.5 Å². The minimum Gasteiger partial charge on any atom is -0.323 e. The number of carbonyl (C=O) groups excluding carboxylic acids is 1. The Bertz CT molecular complexity index is 1160. The molecule has 0 aliphatic heterocycles. The number of nitrogens with one attached hydrogen (secondary N) is 1. The lowest BCUT2D eigenvalue weighted by atomic mass is 10.1. The van der Waals surface area contributed by atoms with Gasteiger partial charge in [0.1, 0.15) is 11.7 Å². The van der Waals surface area contributed by atoms with Crippen LogP contribution in [-0.2, 0) is 4.79 Å². The van der Waals surface area contributed by atoms with Crippen molar-refractivity contribution in [3.05, 3.63) is 82.3 Å².